The van der Waals surface area contributed by atoms with Crippen LogP contribution in [0.5, 0.6) is 0 Å². The van der Waals surface area contributed by atoms with Gasteiger partial charge in [-0.15, -0.1) is 0 Å². The van der Waals surface area contributed by atoms with E-state index in [1.165, 1.54) is 0 Å². The second-order valence-electron chi connectivity index (χ2n) is 6.00. The Balaban J connectivity index is 4.45. The van der Waals surface area contributed by atoms with Gasteiger partial charge >= 0.3 is 11.9 Å². The summed E-state index contributed by atoms with van der Waals surface area (Å²) in [5.41, 5.74) is -0.124. The smallest absolute Gasteiger partial charge is 0.331 e. The number of rotatable bonds is 4. The maximum absolute atomic E-state index is 11.6. The highest BCUT2D eigenvalue weighted by molar-refractivity contribution is 6.15. The number of hydrogen-bond donors (Lipinski definition) is 0. The van der Waals surface area contributed by atoms with Gasteiger partial charge in [-0.3, -0.25) is 0 Å². The van der Waals surface area contributed by atoms with Crippen LogP contribution in [0, 0.1) is 5.41 Å². The maximum atomic E-state index is 11.6. The fourth-order valence-electron chi connectivity index (χ4n) is 0.846. The third kappa shape index (κ3) is 6.00. The van der Waals surface area contributed by atoms with E-state index in [9.17, 15) is 9.59 Å². The Kier molecular flexibility index (Phi) is 5.80. The van der Waals surface area contributed by atoms with Crippen LogP contribution in [0.3, 0.4) is 0 Å². The summed E-state index contributed by atoms with van der Waals surface area (Å²) in [5, 5.41) is -0.476. The highest BCUT2D eigenvalue weighted by atomic mass is 28.1. The average molecular weight is 272 g/mol. The highest BCUT2D eigenvalue weighted by Crippen LogP contribution is 2.30. The Hall–Kier alpha value is -1.10. The Morgan fingerprint density at radius 1 is 1.06 bits per heavy atom. The van der Waals surface area contributed by atoms with Crippen molar-refractivity contribution in [2.24, 2.45) is 5.41 Å². The average Bonchev–Trinajstić information content (AvgIpc) is 2.11. The first-order valence-corrected chi connectivity index (χ1v) is 7.07. The van der Waals surface area contributed by atoms with Crippen molar-refractivity contribution in [3.05, 3.63) is 12.2 Å². The van der Waals surface area contributed by atoms with Gasteiger partial charge in [-0.25, -0.2) is 9.59 Å². The van der Waals surface area contributed by atoms with Crippen LogP contribution in [-0.4, -0.2) is 33.5 Å². The molecule has 0 rings (SSSR count). The zero-order valence-electron chi connectivity index (χ0n) is 12.4. The van der Waals surface area contributed by atoms with E-state index in [2.05, 4.69) is 0 Å². The van der Waals surface area contributed by atoms with Crippen LogP contribution < -0.4 is 0 Å². The molecule has 0 fully saturated rings. The minimum Gasteiger partial charge on any atom is -0.461 e. The predicted octanol–water partition coefficient (Wildman–Crippen LogP) is 1.17. The molecule has 0 saturated heterocycles. The van der Waals surface area contributed by atoms with Crippen molar-refractivity contribution in [2.45, 2.75) is 52.9 Å². The fraction of sp³-hybridized carbons (Fsp3) is 0.692. The highest BCUT2D eigenvalue weighted by Gasteiger charge is 2.35. The third-order valence-electron chi connectivity index (χ3n) is 2.87. The first-order chi connectivity index (χ1) is 7.95. The zero-order valence-corrected chi connectivity index (χ0v) is 14.4. The molecule has 0 aromatic rings. The molecule has 0 aliphatic carbocycles. The van der Waals surface area contributed by atoms with Gasteiger partial charge in [0, 0.05) is 12.2 Å². The molecule has 0 aliphatic rings. The summed E-state index contributed by atoms with van der Waals surface area (Å²) in [6, 6.07) is 0. The lowest BCUT2D eigenvalue weighted by molar-refractivity contribution is -0.152. The monoisotopic (exact) mass is 272 g/mol. The van der Waals surface area contributed by atoms with E-state index in [-0.39, 0.29) is 11.5 Å². The molecule has 0 spiro atoms. The summed E-state index contributed by atoms with van der Waals surface area (Å²) >= 11 is 0. The molecule has 4 nitrogen and oxygen atoms in total. The number of carbonyl (C=O) groups excluding carboxylic acids is 2. The first-order valence-electron chi connectivity index (χ1n) is 6.07. The molecule has 0 aromatic heterocycles. The topological polar surface area (TPSA) is 52.6 Å². The maximum Gasteiger partial charge on any atom is 0.331 e. The van der Waals surface area contributed by atoms with Crippen molar-refractivity contribution in [3.63, 3.8) is 0 Å². The Bertz CT molecular complexity index is 337. The molecule has 18 heavy (non-hydrogen) atoms. The predicted molar refractivity (Wildman–Crippen MR) is 74.3 cm³/mol. The van der Waals surface area contributed by atoms with E-state index in [1.807, 2.05) is 27.7 Å². The van der Waals surface area contributed by atoms with Gasteiger partial charge in [-0.1, -0.05) is 20.8 Å². The minimum absolute atomic E-state index is 0.124. The number of carbonyl (C=O) groups is 2. The van der Waals surface area contributed by atoms with Crippen LogP contribution in [0.4, 0.5) is 0 Å². The van der Waals surface area contributed by atoms with Gasteiger partial charge in [0.2, 0.25) is 0 Å². The van der Waals surface area contributed by atoms with Crippen molar-refractivity contribution in [3.8, 4) is 0 Å². The van der Waals surface area contributed by atoms with Crippen LogP contribution in [0.25, 0.3) is 0 Å². The molecule has 1 unspecified atom stereocenters. The van der Waals surface area contributed by atoms with Gasteiger partial charge in [0.25, 0.3) is 0 Å². The second kappa shape index (κ2) is 6.18. The van der Waals surface area contributed by atoms with Crippen molar-refractivity contribution in [1.29, 1.82) is 0 Å². The third-order valence-corrected chi connectivity index (χ3v) is 4.57. The second-order valence-corrected chi connectivity index (χ2v) is 7.91. The van der Waals surface area contributed by atoms with Crippen LogP contribution in [0.15, 0.2) is 12.2 Å². The molecule has 1 atom stereocenters. The van der Waals surface area contributed by atoms with Gasteiger partial charge in [0.05, 0.1) is 21.6 Å². The van der Waals surface area contributed by atoms with Crippen LogP contribution >= 0.6 is 0 Å². The summed E-state index contributed by atoms with van der Waals surface area (Å²) in [6.45, 7) is 11.5. The molecular formula is C13H24O4Si. The molecule has 0 saturated carbocycles. The molecule has 0 heterocycles. The summed E-state index contributed by atoms with van der Waals surface area (Å²) < 4.78 is 10.3. The van der Waals surface area contributed by atoms with Crippen molar-refractivity contribution in [2.75, 3.05) is 0 Å². The number of hydrogen-bond acceptors (Lipinski definition) is 4. The van der Waals surface area contributed by atoms with Crippen molar-refractivity contribution < 1.29 is 19.1 Å². The van der Waals surface area contributed by atoms with Crippen LogP contribution in [-0.2, 0) is 19.1 Å². The van der Waals surface area contributed by atoms with E-state index in [0.29, 0.717) is 10.2 Å². The van der Waals surface area contributed by atoms with E-state index in [4.69, 9.17) is 9.47 Å². The number of esters is 2. The van der Waals surface area contributed by atoms with E-state index in [0.717, 1.165) is 12.2 Å². The van der Waals surface area contributed by atoms with Crippen molar-refractivity contribution >= 4 is 22.2 Å². The van der Waals surface area contributed by atoms with Gasteiger partial charge in [-0.05, 0) is 26.2 Å². The summed E-state index contributed by atoms with van der Waals surface area (Å²) in [7, 11) is 0.713. The van der Waals surface area contributed by atoms with Crippen LogP contribution in [0.2, 0.25) is 0 Å². The molecular weight excluding hydrogens is 248 g/mol. The lowest BCUT2D eigenvalue weighted by atomic mass is 9.89. The fourth-order valence-corrected chi connectivity index (χ4v) is 1.05. The molecule has 0 N–H and O–H groups in total. The summed E-state index contributed by atoms with van der Waals surface area (Å²) in [6.07, 6.45) is 2.02. The van der Waals surface area contributed by atoms with Crippen molar-refractivity contribution in [1.82, 2.24) is 0 Å². The molecule has 0 aliphatic heterocycles. The lowest BCUT2D eigenvalue weighted by Gasteiger charge is -2.38. The first kappa shape index (κ1) is 16.9. The van der Waals surface area contributed by atoms with Gasteiger partial charge < -0.3 is 9.47 Å². The molecule has 0 radical (unpaired) electrons. The molecule has 5 heteroatoms. The molecule has 0 amide bonds. The van der Waals surface area contributed by atoms with Crippen LogP contribution in [0.1, 0.15) is 41.5 Å². The zero-order chi connectivity index (χ0) is 14.6. The SMILES string of the molecule is CC(C)OC(=O)C=CC(=O)OC(C)([SiH3])C(C)(C)C. The van der Waals surface area contributed by atoms with Gasteiger partial charge in [0.1, 0.15) is 0 Å². The molecule has 104 valence electrons. The standard InChI is InChI=1S/C13H24O4Si/c1-9(2)16-10(14)7-8-11(15)17-13(6,18)12(3,4)5/h7-9H,1-6,18H3. The number of ether oxygens (including phenoxy) is 2. The van der Waals surface area contributed by atoms with E-state index < -0.39 is 17.2 Å². The normalized spacial score (nSPS) is 15.7. The Labute approximate surface area is 112 Å². The quantitative estimate of drug-likeness (QED) is 0.438. The van der Waals surface area contributed by atoms with Gasteiger partial charge in [-0.2, -0.15) is 0 Å². The largest absolute Gasteiger partial charge is 0.461 e. The summed E-state index contributed by atoms with van der Waals surface area (Å²) in [4.78, 5) is 22.8. The molecule has 0 aromatic carbocycles. The lowest BCUT2D eigenvalue weighted by Crippen LogP contribution is -2.44. The van der Waals surface area contributed by atoms with E-state index >= 15 is 0 Å². The Morgan fingerprint density at radius 3 is 1.89 bits per heavy atom. The molecule has 0 bridgehead atoms. The summed E-state index contributed by atoms with van der Waals surface area (Å²) in [5.74, 6) is -1.05. The Morgan fingerprint density at radius 2 is 1.50 bits per heavy atom. The van der Waals surface area contributed by atoms with Gasteiger partial charge in [0.15, 0.2) is 0 Å². The minimum atomic E-state index is -0.534. The van der Waals surface area contributed by atoms with E-state index in [1.54, 1.807) is 13.8 Å².